The number of piperidine rings is 1. The van der Waals surface area contributed by atoms with Crippen LogP contribution in [0.3, 0.4) is 0 Å². The second kappa shape index (κ2) is 8.97. The van der Waals surface area contributed by atoms with Gasteiger partial charge in [0.25, 0.3) is 10.2 Å². The van der Waals surface area contributed by atoms with Gasteiger partial charge in [0.1, 0.15) is 0 Å². The molecule has 0 saturated carbocycles. The Kier molecular flexibility index (Phi) is 7.20. The lowest BCUT2D eigenvalue weighted by Gasteiger charge is -2.33. The van der Waals surface area contributed by atoms with Gasteiger partial charge in [-0.25, -0.2) is 0 Å². The van der Waals surface area contributed by atoms with E-state index >= 15 is 0 Å². The Morgan fingerprint density at radius 3 is 2.27 bits per heavy atom. The monoisotopic (exact) mass is 381 g/mol. The highest BCUT2D eigenvalue weighted by Crippen LogP contribution is 2.25. The summed E-state index contributed by atoms with van der Waals surface area (Å²) in [6, 6.07) is 10.0. The molecule has 0 bridgehead atoms. The molecule has 1 heterocycles. The number of hydrogen-bond acceptors (Lipinski definition) is 3. The standard InChI is InChI=1S/C19H31N3O3S/c1-15(2)14-18(16-8-6-5-7-9-16)20-19(23)17-10-12-22(13-11-17)26(24,25)21(3)4/h5-9,15,17-18H,10-14H2,1-4H3,(H,20,23). The molecule has 1 unspecified atom stereocenters. The molecule has 1 N–H and O–H groups in total. The van der Waals surface area contributed by atoms with Crippen LogP contribution in [-0.4, -0.2) is 50.1 Å². The van der Waals surface area contributed by atoms with E-state index < -0.39 is 10.2 Å². The fourth-order valence-electron chi connectivity index (χ4n) is 3.30. The van der Waals surface area contributed by atoms with Gasteiger partial charge in [-0.1, -0.05) is 44.2 Å². The summed E-state index contributed by atoms with van der Waals surface area (Å²) in [6.07, 6.45) is 1.99. The third-order valence-electron chi connectivity index (χ3n) is 4.84. The van der Waals surface area contributed by atoms with Gasteiger partial charge < -0.3 is 5.32 Å². The summed E-state index contributed by atoms with van der Waals surface area (Å²) in [5.41, 5.74) is 1.11. The fourth-order valence-corrected chi connectivity index (χ4v) is 4.44. The van der Waals surface area contributed by atoms with Gasteiger partial charge in [0.05, 0.1) is 6.04 Å². The van der Waals surface area contributed by atoms with Crippen LogP contribution in [0.5, 0.6) is 0 Å². The molecule has 0 aliphatic carbocycles. The summed E-state index contributed by atoms with van der Waals surface area (Å²) in [5, 5.41) is 3.19. The number of nitrogens with one attached hydrogen (secondary N) is 1. The average Bonchev–Trinajstić information content (AvgIpc) is 2.61. The van der Waals surface area contributed by atoms with Crippen LogP contribution in [0.15, 0.2) is 30.3 Å². The number of nitrogens with zero attached hydrogens (tertiary/aromatic N) is 2. The first-order chi connectivity index (χ1) is 12.2. The summed E-state index contributed by atoms with van der Waals surface area (Å²) < 4.78 is 27.1. The molecule has 146 valence electrons. The molecule has 1 atom stereocenters. The summed E-state index contributed by atoms with van der Waals surface area (Å²) >= 11 is 0. The zero-order valence-corrected chi connectivity index (χ0v) is 17.0. The Balaban J connectivity index is 1.98. The van der Waals surface area contributed by atoms with Gasteiger partial charge in [0.2, 0.25) is 5.91 Å². The molecule has 1 aliphatic rings. The van der Waals surface area contributed by atoms with E-state index in [0.29, 0.717) is 31.8 Å². The van der Waals surface area contributed by atoms with E-state index in [4.69, 9.17) is 0 Å². The highest BCUT2D eigenvalue weighted by atomic mass is 32.2. The van der Waals surface area contributed by atoms with Crippen molar-refractivity contribution < 1.29 is 13.2 Å². The molecule has 7 heteroatoms. The normalized spacial score (nSPS) is 18.2. The molecular formula is C19H31N3O3S. The smallest absolute Gasteiger partial charge is 0.281 e. The minimum absolute atomic E-state index is 0.00719. The summed E-state index contributed by atoms with van der Waals surface area (Å²) in [6.45, 7) is 5.07. The molecule has 0 aromatic heterocycles. The number of carbonyl (C=O) groups is 1. The van der Waals surface area contributed by atoms with Crippen LogP contribution in [-0.2, 0) is 15.0 Å². The van der Waals surface area contributed by atoms with Crippen molar-refractivity contribution in [1.29, 1.82) is 0 Å². The van der Waals surface area contributed by atoms with E-state index in [1.54, 1.807) is 0 Å². The SMILES string of the molecule is CC(C)CC(NC(=O)C1CCN(S(=O)(=O)N(C)C)CC1)c1ccccc1. The number of hydrogen-bond donors (Lipinski definition) is 1. The van der Waals surface area contributed by atoms with E-state index in [1.165, 1.54) is 22.7 Å². The molecule has 1 saturated heterocycles. The van der Waals surface area contributed by atoms with Crippen molar-refractivity contribution in [3.05, 3.63) is 35.9 Å². The van der Waals surface area contributed by atoms with Gasteiger partial charge in [-0.15, -0.1) is 0 Å². The Bertz CT molecular complexity index is 681. The molecule has 0 spiro atoms. The predicted octanol–water partition coefficient (Wildman–Crippen LogP) is 2.41. The van der Waals surface area contributed by atoms with E-state index in [0.717, 1.165) is 12.0 Å². The van der Waals surface area contributed by atoms with Crippen LogP contribution in [0.25, 0.3) is 0 Å². The maximum absolute atomic E-state index is 12.8. The Morgan fingerprint density at radius 2 is 1.77 bits per heavy atom. The summed E-state index contributed by atoms with van der Waals surface area (Å²) in [7, 11) is -0.332. The van der Waals surface area contributed by atoms with Gasteiger partial charge >= 0.3 is 0 Å². The van der Waals surface area contributed by atoms with Crippen LogP contribution in [0.1, 0.15) is 44.7 Å². The predicted molar refractivity (Wildman–Crippen MR) is 104 cm³/mol. The maximum atomic E-state index is 12.8. The lowest BCUT2D eigenvalue weighted by atomic mass is 9.93. The van der Waals surface area contributed by atoms with Crippen molar-refractivity contribution >= 4 is 16.1 Å². The molecule has 1 fully saturated rings. The number of carbonyl (C=O) groups excluding carboxylic acids is 1. The Morgan fingerprint density at radius 1 is 1.19 bits per heavy atom. The second-order valence-electron chi connectivity index (χ2n) is 7.56. The van der Waals surface area contributed by atoms with Gasteiger partial charge in [-0.05, 0) is 30.7 Å². The second-order valence-corrected chi connectivity index (χ2v) is 9.71. The first-order valence-electron chi connectivity index (χ1n) is 9.24. The van der Waals surface area contributed by atoms with E-state index in [2.05, 4.69) is 19.2 Å². The first kappa shape index (κ1) is 20.9. The molecule has 0 radical (unpaired) electrons. The van der Waals surface area contributed by atoms with Crippen molar-refractivity contribution in [2.45, 2.75) is 39.2 Å². The maximum Gasteiger partial charge on any atom is 0.281 e. The Hall–Kier alpha value is -1.44. The van der Waals surface area contributed by atoms with E-state index in [-0.39, 0.29) is 17.9 Å². The van der Waals surface area contributed by atoms with Crippen LogP contribution in [0.4, 0.5) is 0 Å². The fraction of sp³-hybridized carbons (Fsp3) is 0.632. The molecule has 2 rings (SSSR count). The molecular weight excluding hydrogens is 350 g/mol. The van der Waals surface area contributed by atoms with Crippen LogP contribution in [0, 0.1) is 11.8 Å². The highest BCUT2D eigenvalue weighted by Gasteiger charge is 2.33. The van der Waals surface area contributed by atoms with Gasteiger partial charge in [-0.3, -0.25) is 4.79 Å². The van der Waals surface area contributed by atoms with Crippen molar-refractivity contribution in [2.75, 3.05) is 27.2 Å². The molecule has 26 heavy (non-hydrogen) atoms. The van der Waals surface area contributed by atoms with Crippen molar-refractivity contribution in [3.8, 4) is 0 Å². The van der Waals surface area contributed by atoms with E-state index in [1.807, 2.05) is 30.3 Å². The lowest BCUT2D eigenvalue weighted by molar-refractivity contribution is -0.127. The highest BCUT2D eigenvalue weighted by molar-refractivity contribution is 7.86. The summed E-state index contributed by atoms with van der Waals surface area (Å²) in [5.74, 6) is 0.357. The van der Waals surface area contributed by atoms with E-state index in [9.17, 15) is 13.2 Å². The van der Waals surface area contributed by atoms with Crippen molar-refractivity contribution in [3.63, 3.8) is 0 Å². The van der Waals surface area contributed by atoms with Gasteiger partial charge in [0, 0.05) is 33.1 Å². The zero-order chi connectivity index (χ0) is 19.3. The largest absolute Gasteiger partial charge is 0.349 e. The van der Waals surface area contributed by atoms with Crippen LogP contribution >= 0.6 is 0 Å². The molecule has 6 nitrogen and oxygen atoms in total. The number of amides is 1. The number of benzene rings is 1. The third kappa shape index (κ3) is 5.28. The molecule has 1 aliphatic heterocycles. The topological polar surface area (TPSA) is 69.7 Å². The third-order valence-corrected chi connectivity index (χ3v) is 6.78. The summed E-state index contributed by atoms with van der Waals surface area (Å²) in [4.78, 5) is 12.8. The minimum atomic E-state index is -3.40. The minimum Gasteiger partial charge on any atom is -0.349 e. The van der Waals surface area contributed by atoms with Crippen molar-refractivity contribution in [2.24, 2.45) is 11.8 Å². The van der Waals surface area contributed by atoms with Crippen molar-refractivity contribution in [1.82, 2.24) is 13.9 Å². The van der Waals surface area contributed by atoms with Gasteiger partial charge in [-0.2, -0.15) is 17.0 Å². The molecule has 1 aromatic rings. The Labute approximate surface area is 157 Å². The lowest BCUT2D eigenvalue weighted by Crippen LogP contribution is -2.47. The van der Waals surface area contributed by atoms with Crippen LogP contribution in [0.2, 0.25) is 0 Å². The zero-order valence-electron chi connectivity index (χ0n) is 16.2. The molecule has 1 amide bonds. The molecule has 1 aromatic carbocycles. The first-order valence-corrected chi connectivity index (χ1v) is 10.6. The quantitative estimate of drug-likeness (QED) is 0.788. The average molecular weight is 382 g/mol. The van der Waals surface area contributed by atoms with Crippen LogP contribution < -0.4 is 5.32 Å². The van der Waals surface area contributed by atoms with Gasteiger partial charge in [0.15, 0.2) is 0 Å². The number of rotatable bonds is 7.